The van der Waals surface area contributed by atoms with Crippen molar-refractivity contribution in [2.45, 2.75) is 58.5 Å². The smallest absolute Gasteiger partial charge is 0.326 e. The van der Waals surface area contributed by atoms with Crippen LogP contribution >= 0.6 is 0 Å². The number of rotatable bonds is 10. The van der Waals surface area contributed by atoms with E-state index in [0.717, 1.165) is 16.5 Å². The first kappa shape index (κ1) is 21.5. The van der Waals surface area contributed by atoms with E-state index < -0.39 is 24.0 Å². The fraction of sp³-hybridized carbons (Fsp3) is 0.476. The molecule has 2 rings (SSSR count). The Hall–Kier alpha value is -2.83. The molecule has 2 unspecified atom stereocenters. The van der Waals surface area contributed by atoms with Gasteiger partial charge in [-0.15, -0.1) is 0 Å². The summed E-state index contributed by atoms with van der Waals surface area (Å²) in [6.45, 7) is 5.79. The van der Waals surface area contributed by atoms with Gasteiger partial charge in [-0.1, -0.05) is 39.0 Å². The van der Waals surface area contributed by atoms with Gasteiger partial charge in [-0.05, 0) is 30.4 Å². The van der Waals surface area contributed by atoms with Crippen LogP contribution in [0.2, 0.25) is 0 Å². The van der Waals surface area contributed by atoms with Gasteiger partial charge in [-0.2, -0.15) is 0 Å². The Kier molecular flexibility index (Phi) is 7.61. The first-order valence-electron chi connectivity index (χ1n) is 9.69. The van der Waals surface area contributed by atoms with Crippen molar-refractivity contribution in [2.75, 3.05) is 0 Å². The highest BCUT2D eigenvalue weighted by molar-refractivity contribution is 5.91. The molecule has 2 atom stereocenters. The van der Waals surface area contributed by atoms with E-state index in [1.807, 2.05) is 45.0 Å². The second kappa shape index (κ2) is 9.92. The number of carbonyl (C=O) groups is 3. The Labute approximate surface area is 164 Å². The minimum absolute atomic E-state index is 0.155. The van der Waals surface area contributed by atoms with Crippen molar-refractivity contribution in [3.8, 4) is 0 Å². The molecule has 0 saturated carbocycles. The van der Waals surface area contributed by atoms with Gasteiger partial charge >= 0.3 is 5.97 Å². The maximum atomic E-state index is 12.7. The minimum Gasteiger partial charge on any atom is -0.480 e. The van der Waals surface area contributed by atoms with Gasteiger partial charge in [0.15, 0.2) is 0 Å². The molecule has 152 valence electrons. The molecule has 7 heteroatoms. The fourth-order valence-electron chi connectivity index (χ4n) is 3.19. The maximum Gasteiger partial charge on any atom is 0.326 e. The standard InChI is InChI=1S/C21H29N3O4/c1-4-7-19(25)23-17(10-13(2)3)20(26)24-18(21(27)28)11-14-12-22-16-9-6-5-8-15(14)16/h5-6,8-9,12-13,17-18,22H,4,7,10-11H2,1-3H3,(H,23,25)(H,24,26)(H,27,28). The molecule has 2 amide bonds. The van der Waals surface area contributed by atoms with E-state index in [1.165, 1.54) is 0 Å². The molecule has 0 spiro atoms. The number of amides is 2. The second-order valence-electron chi connectivity index (χ2n) is 7.46. The molecular formula is C21H29N3O4. The molecule has 1 aromatic carbocycles. The van der Waals surface area contributed by atoms with Gasteiger partial charge in [0.25, 0.3) is 0 Å². The Morgan fingerprint density at radius 3 is 2.46 bits per heavy atom. The van der Waals surface area contributed by atoms with Crippen molar-refractivity contribution in [3.63, 3.8) is 0 Å². The molecule has 0 aliphatic heterocycles. The highest BCUT2D eigenvalue weighted by atomic mass is 16.4. The van der Waals surface area contributed by atoms with Gasteiger partial charge in [-0.3, -0.25) is 9.59 Å². The van der Waals surface area contributed by atoms with Crippen LogP contribution in [0.15, 0.2) is 30.5 Å². The second-order valence-corrected chi connectivity index (χ2v) is 7.46. The number of aliphatic carboxylic acids is 1. The number of carboxylic acids is 1. The Morgan fingerprint density at radius 2 is 1.82 bits per heavy atom. The molecule has 28 heavy (non-hydrogen) atoms. The number of benzene rings is 1. The molecule has 1 heterocycles. The summed E-state index contributed by atoms with van der Waals surface area (Å²) in [7, 11) is 0. The molecular weight excluding hydrogens is 358 g/mol. The van der Waals surface area contributed by atoms with E-state index in [2.05, 4.69) is 15.6 Å². The number of carbonyl (C=O) groups excluding carboxylic acids is 2. The highest BCUT2D eigenvalue weighted by Crippen LogP contribution is 2.19. The molecule has 1 aromatic heterocycles. The van der Waals surface area contributed by atoms with Crippen LogP contribution in [0.5, 0.6) is 0 Å². The van der Waals surface area contributed by atoms with Crippen LogP contribution in [0.25, 0.3) is 10.9 Å². The molecule has 0 bridgehead atoms. The average molecular weight is 387 g/mol. The predicted molar refractivity (Wildman–Crippen MR) is 108 cm³/mol. The number of fused-ring (bicyclic) bond motifs is 1. The SMILES string of the molecule is CCCC(=O)NC(CC(C)C)C(=O)NC(Cc1c[nH]c2ccccc12)C(=O)O. The van der Waals surface area contributed by atoms with E-state index in [9.17, 15) is 19.5 Å². The van der Waals surface area contributed by atoms with Gasteiger partial charge in [0.05, 0.1) is 0 Å². The lowest BCUT2D eigenvalue weighted by molar-refractivity contribution is -0.142. The summed E-state index contributed by atoms with van der Waals surface area (Å²) in [5.41, 5.74) is 1.73. The number of para-hydroxylation sites is 1. The van der Waals surface area contributed by atoms with Crippen molar-refractivity contribution in [1.82, 2.24) is 15.6 Å². The van der Waals surface area contributed by atoms with Crippen LogP contribution < -0.4 is 10.6 Å². The Bertz CT molecular complexity index is 828. The van der Waals surface area contributed by atoms with Crippen molar-refractivity contribution < 1.29 is 19.5 Å². The minimum atomic E-state index is -1.11. The van der Waals surface area contributed by atoms with Crippen molar-refractivity contribution in [2.24, 2.45) is 5.92 Å². The molecule has 7 nitrogen and oxygen atoms in total. The number of carboxylic acid groups (broad SMARTS) is 1. The van der Waals surface area contributed by atoms with E-state index in [0.29, 0.717) is 19.3 Å². The molecule has 0 saturated heterocycles. The molecule has 0 aliphatic carbocycles. The first-order chi connectivity index (χ1) is 13.3. The zero-order valence-electron chi connectivity index (χ0n) is 16.6. The van der Waals surface area contributed by atoms with E-state index in [-0.39, 0.29) is 18.2 Å². The normalized spacial score (nSPS) is 13.3. The number of aromatic amines is 1. The van der Waals surface area contributed by atoms with Gasteiger partial charge in [0, 0.05) is 29.9 Å². The lowest BCUT2D eigenvalue weighted by Gasteiger charge is -2.22. The number of nitrogens with one attached hydrogen (secondary N) is 3. The van der Waals surface area contributed by atoms with Crippen LogP contribution in [0, 0.1) is 5.92 Å². The van der Waals surface area contributed by atoms with Crippen LogP contribution in [0.3, 0.4) is 0 Å². The Morgan fingerprint density at radius 1 is 1.11 bits per heavy atom. The van der Waals surface area contributed by atoms with Gasteiger partial charge in [-0.25, -0.2) is 4.79 Å². The third-order valence-electron chi connectivity index (χ3n) is 4.55. The van der Waals surface area contributed by atoms with Crippen LogP contribution in [0.1, 0.15) is 45.6 Å². The van der Waals surface area contributed by atoms with Gasteiger partial charge < -0.3 is 20.7 Å². The predicted octanol–water partition coefficient (Wildman–Crippen LogP) is 2.61. The zero-order valence-corrected chi connectivity index (χ0v) is 16.6. The fourth-order valence-corrected chi connectivity index (χ4v) is 3.19. The third kappa shape index (κ3) is 5.84. The number of H-pyrrole nitrogens is 1. The highest BCUT2D eigenvalue weighted by Gasteiger charge is 2.27. The average Bonchev–Trinajstić information content (AvgIpc) is 3.03. The molecule has 0 radical (unpaired) electrons. The van der Waals surface area contributed by atoms with Crippen molar-refractivity contribution in [1.29, 1.82) is 0 Å². The van der Waals surface area contributed by atoms with Crippen LogP contribution in [0.4, 0.5) is 0 Å². The summed E-state index contributed by atoms with van der Waals surface area (Å²) in [6.07, 6.45) is 3.38. The van der Waals surface area contributed by atoms with Gasteiger partial charge in [0.2, 0.25) is 11.8 Å². The Balaban J connectivity index is 2.12. The van der Waals surface area contributed by atoms with Gasteiger partial charge in [0.1, 0.15) is 12.1 Å². The van der Waals surface area contributed by atoms with E-state index >= 15 is 0 Å². The number of aromatic nitrogens is 1. The maximum absolute atomic E-state index is 12.7. The van der Waals surface area contributed by atoms with E-state index in [1.54, 1.807) is 6.20 Å². The lowest BCUT2D eigenvalue weighted by Crippen LogP contribution is -2.52. The summed E-state index contributed by atoms with van der Waals surface area (Å²) >= 11 is 0. The third-order valence-corrected chi connectivity index (χ3v) is 4.55. The van der Waals surface area contributed by atoms with Crippen LogP contribution in [-0.2, 0) is 20.8 Å². The van der Waals surface area contributed by atoms with Crippen LogP contribution in [-0.4, -0.2) is 40.0 Å². The summed E-state index contributed by atoms with van der Waals surface area (Å²) in [4.78, 5) is 39.5. The monoisotopic (exact) mass is 387 g/mol. The first-order valence-corrected chi connectivity index (χ1v) is 9.69. The summed E-state index contributed by atoms with van der Waals surface area (Å²) in [6, 6.07) is 5.78. The zero-order chi connectivity index (χ0) is 20.7. The molecule has 4 N–H and O–H groups in total. The lowest BCUT2D eigenvalue weighted by atomic mass is 10.0. The summed E-state index contributed by atoms with van der Waals surface area (Å²) in [5, 5.41) is 15.9. The van der Waals surface area contributed by atoms with Crippen molar-refractivity contribution in [3.05, 3.63) is 36.0 Å². The topological polar surface area (TPSA) is 111 Å². The quantitative estimate of drug-likeness (QED) is 0.502. The summed E-state index contributed by atoms with van der Waals surface area (Å²) in [5.74, 6) is -1.60. The summed E-state index contributed by atoms with van der Waals surface area (Å²) < 4.78 is 0. The number of hydrogen-bond donors (Lipinski definition) is 4. The number of hydrogen-bond acceptors (Lipinski definition) is 3. The molecule has 0 fully saturated rings. The molecule has 2 aromatic rings. The molecule has 0 aliphatic rings. The largest absolute Gasteiger partial charge is 0.480 e. The van der Waals surface area contributed by atoms with E-state index in [4.69, 9.17) is 0 Å². The van der Waals surface area contributed by atoms with Crippen molar-refractivity contribution >= 4 is 28.7 Å².